The molecule has 0 unspecified atom stereocenters. The predicted octanol–water partition coefficient (Wildman–Crippen LogP) is 26.0. The molecular weight excluding hydrogens is 1930 g/mol. The van der Waals surface area contributed by atoms with Gasteiger partial charge in [-0.15, -0.1) is 0 Å². The van der Waals surface area contributed by atoms with Gasteiger partial charge in [-0.05, 0) is 193 Å². The number of nitrogens with zero attached hydrogens (tertiary/aromatic N) is 5. The SMILES string of the molecule is CCCCCCCCC(=O)c1cc(O)cc(O)c1.CCCCCCCCCc1cc(O)cc(O)c1.CCCCCCCCc1cc(O)cc(=O)[nH]1.CCCCCCCc1cc(O)cc(=O)[nH]1.Cc1c(O)nc(SCCCCc2ccccc2)[nH]c1=O.Nc1cc(=O)[nH]c(SCCCCc2ccccc2)n1.Nc1cc(N)nc(SCCCCc2ccccc2)n1.O=c1cc(C(F)(F)F)nc(SCCCCc2ccccc2)[nH]1. The third kappa shape index (κ3) is 60.0. The number of ketones is 1. The van der Waals surface area contributed by atoms with Crippen LogP contribution < -0.4 is 45.0 Å². The molecule has 12 rings (SSSR count). The van der Waals surface area contributed by atoms with E-state index in [4.69, 9.17) is 17.2 Å². The molecule has 0 aliphatic rings. The van der Waals surface area contributed by atoms with Crippen LogP contribution in [0.3, 0.4) is 0 Å². The van der Waals surface area contributed by atoms with Crippen LogP contribution in [0.25, 0.3) is 0 Å². The number of nitrogen functional groups attached to an aromatic ring is 3. The summed E-state index contributed by atoms with van der Waals surface area (Å²) in [5.74, 6) is 4.62. The number of thioether (sulfide) groups is 4. The lowest BCUT2D eigenvalue weighted by Gasteiger charge is -2.07. The highest BCUT2D eigenvalue weighted by atomic mass is 32.2. The van der Waals surface area contributed by atoms with Gasteiger partial charge in [-0.2, -0.15) is 18.2 Å². The zero-order valence-corrected chi connectivity index (χ0v) is 88.7. The fourth-order valence-electron chi connectivity index (χ4n) is 14.7. The van der Waals surface area contributed by atoms with E-state index in [0.717, 1.165) is 174 Å². The molecule has 0 bridgehead atoms. The van der Waals surface area contributed by atoms with Crippen LogP contribution >= 0.6 is 47.0 Å². The van der Waals surface area contributed by atoms with Gasteiger partial charge in [0, 0.05) is 88.8 Å². The van der Waals surface area contributed by atoms with Crippen molar-refractivity contribution in [1.82, 2.24) is 49.8 Å². The number of Topliss-reactive ketones (excluding diaryl/α,β-unsaturated/α-hetero) is 1. The van der Waals surface area contributed by atoms with E-state index in [1.165, 1.54) is 210 Å². The number of carbonyl (C=O) groups is 1. The van der Waals surface area contributed by atoms with Crippen molar-refractivity contribution in [1.29, 1.82) is 0 Å². The van der Waals surface area contributed by atoms with Crippen LogP contribution in [0.1, 0.15) is 300 Å². The Labute approximate surface area is 874 Å². The molecule has 794 valence electrons. The van der Waals surface area contributed by atoms with Crippen molar-refractivity contribution in [2.75, 3.05) is 40.2 Å². The van der Waals surface area contributed by atoms with Gasteiger partial charge >= 0.3 is 6.18 Å². The highest BCUT2D eigenvalue weighted by Crippen LogP contribution is 2.30. The van der Waals surface area contributed by atoms with E-state index in [1.807, 2.05) is 60.7 Å². The van der Waals surface area contributed by atoms with Crippen molar-refractivity contribution in [3.63, 3.8) is 0 Å². The number of hydrogen-bond acceptors (Lipinski definition) is 25. The van der Waals surface area contributed by atoms with Crippen molar-refractivity contribution in [2.45, 2.75) is 318 Å². The molecule has 6 aromatic heterocycles. The number of aryl methyl sites for hydroxylation is 7. The van der Waals surface area contributed by atoms with Gasteiger partial charge < -0.3 is 77.9 Å². The third-order valence-corrected chi connectivity index (χ3v) is 26.3. The van der Waals surface area contributed by atoms with Gasteiger partial charge in [0.05, 0.1) is 5.56 Å². The Bertz CT molecular complexity index is 5830. The molecule has 0 saturated heterocycles. The second-order valence-electron chi connectivity index (χ2n) is 35.4. The molecule has 6 heterocycles. The molecule has 0 saturated carbocycles. The standard InChI is InChI=1S/C15H15F3N2OS.C15H18N2O2S.C15H22O3.C15H24O2.C14H18N4S.C14H17N3OS.C13H21NO2.C12H19NO2/c16-15(17,18)12-10-13(21)20-14(19-12)22-9-5-4-8-11-6-2-1-3-7-11;1-11-13(18)16-15(17-14(11)19)20-10-6-5-9-12-7-3-2-4-8-12;1-2-3-4-5-6-7-8-15(18)12-9-13(16)11-14(17)10-12;1-2-3-4-5-6-7-8-9-13-10-14(16)12-15(17)11-13;15-12-10-13(16)18-14(17-12)19-9-5-4-8-11-6-2-1-3-7-11;15-12-10-13(18)17-14(16-12)19-9-5-4-8-11-6-2-1-3-7-11;1-2-3-4-5-6-7-8-11-9-12(15)10-13(16)14-11;1-2-3-4-5-6-7-10-8-11(14)9-12(15)13-10/h1-3,6-7,10H,4-5,8-9H2,(H,19,20,21);2-4,7-8H,5-6,9-10H2,1H3,(H2,16,17,18,19);9-11,16-17H,2-8H2,1H3;10-12,16-17H,2-9H2,1H3;1-3,6-7,10H,4-5,8-9H2,(H4,15,16,17,18);1-3,6-7,10H,4-5,8-9H2,(H3,15,16,17,18);9-10H,2-8H2,1H3,(H2,14,15,16);8-9H,2-7H2,1H3,(H2,13,14,15). The number of phenolic OH excluding ortho intramolecular Hbond substituents is 4. The summed E-state index contributed by atoms with van der Waals surface area (Å²) in [6.07, 6.45) is 40.3. The first-order valence-electron chi connectivity index (χ1n) is 51.2. The quantitative estimate of drug-likeness (QED) is 0.00728. The van der Waals surface area contributed by atoms with Crippen LogP contribution in [-0.4, -0.2) is 114 Å². The van der Waals surface area contributed by atoms with Crippen LogP contribution in [0.15, 0.2) is 245 Å². The minimum atomic E-state index is -4.60. The lowest BCUT2D eigenvalue weighted by atomic mass is 10.0. The molecule has 0 atom stereocenters. The van der Waals surface area contributed by atoms with E-state index in [2.05, 4.69) is 138 Å². The number of halogens is 3. The summed E-state index contributed by atoms with van der Waals surface area (Å²) in [4.78, 5) is 101. The number of nitrogens with one attached hydrogen (secondary N) is 5. The van der Waals surface area contributed by atoms with Crippen molar-refractivity contribution in [2.24, 2.45) is 0 Å². The maximum Gasteiger partial charge on any atom is 0.433 e. The number of alkyl halides is 3. The third-order valence-electron chi connectivity index (χ3n) is 22.5. The summed E-state index contributed by atoms with van der Waals surface area (Å²) < 4.78 is 37.7. The first-order chi connectivity index (χ1) is 70.4. The summed E-state index contributed by atoms with van der Waals surface area (Å²) in [5.41, 5.74) is 22.6. The average molecular weight is 2090 g/mol. The number of benzene rings is 6. The number of H-pyrrole nitrogens is 5. The number of phenols is 4. The molecule has 0 amide bonds. The van der Waals surface area contributed by atoms with Crippen molar-refractivity contribution in [3.05, 3.63) is 308 Å². The van der Waals surface area contributed by atoms with Crippen LogP contribution in [0.2, 0.25) is 0 Å². The number of aromatic nitrogens is 10. The van der Waals surface area contributed by atoms with Gasteiger partial charge in [0.1, 0.15) is 52.0 Å². The summed E-state index contributed by atoms with van der Waals surface area (Å²) in [7, 11) is 0. The van der Waals surface area contributed by atoms with E-state index in [9.17, 15) is 77.7 Å². The van der Waals surface area contributed by atoms with Crippen LogP contribution in [0, 0.1) is 6.92 Å². The minimum Gasteiger partial charge on any atom is -0.508 e. The Morgan fingerprint density at radius 1 is 0.308 bits per heavy atom. The second kappa shape index (κ2) is 75.5. The number of hydrogen-bond donors (Lipinski definition) is 15. The number of pyridine rings is 2. The highest BCUT2D eigenvalue weighted by molar-refractivity contribution is 7.99. The summed E-state index contributed by atoms with van der Waals surface area (Å²) in [5, 5.41) is 67.0. The monoisotopic (exact) mass is 2090 g/mol. The minimum absolute atomic E-state index is 0.0135. The summed E-state index contributed by atoms with van der Waals surface area (Å²) in [6.45, 7) is 10.4. The number of aromatic hydroxyl groups is 7. The summed E-state index contributed by atoms with van der Waals surface area (Å²) in [6, 6.07) is 59.2. The van der Waals surface area contributed by atoms with Crippen molar-refractivity contribution < 1.29 is 53.7 Å². The number of unbranched alkanes of at least 4 members (excludes halogenated alkanes) is 24. The van der Waals surface area contributed by atoms with Gasteiger partial charge in [0.2, 0.25) is 5.88 Å². The van der Waals surface area contributed by atoms with Crippen molar-refractivity contribution >= 4 is 70.3 Å². The number of aromatic amines is 5. The zero-order chi connectivity index (χ0) is 106. The van der Waals surface area contributed by atoms with Gasteiger partial charge in [0.25, 0.3) is 27.8 Å². The molecule has 0 aliphatic carbocycles. The Morgan fingerprint density at radius 3 is 0.986 bits per heavy atom. The predicted molar refractivity (Wildman–Crippen MR) is 592 cm³/mol. The molecular formula is C113H154F3N13O13S4. The fourth-order valence-corrected chi connectivity index (χ4v) is 18.2. The van der Waals surface area contributed by atoms with Crippen LogP contribution in [0.4, 0.5) is 30.6 Å². The van der Waals surface area contributed by atoms with E-state index >= 15 is 0 Å². The summed E-state index contributed by atoms with van der Waals surface area (Å²) >= 11 is 5.74. The molecule has 0 aliphatic heterocycles. The lowest BCUT2D eigenvalue weighted by molar-refractivity contribution is -0.141. The highest BCUT2D eigenvalue weighted by Gasteiger charge is 2.33. The lowest BCUT2D eigenvalue weighted by Crippen LogP contribution is -2.16. The number of anilines is 3. The molecule has 12 aromatic rings. The van der Waals surface area contributed by atoms with Crippen LogP contribution in [-0.2, 0) is 51.1 Å². The van der Waals surface area contributed by atoms with Crippen LogP contribution in [0.5, 0.6) is 40.4 Å². The number of carbonyl (C=O) groups excluding carboxylic acids is 1. The maximum absolute atomic E-state index is 12.6. The molecule has 0 spiro atoms. The largest absolute Gasteiger partial charge is 0.508 e. The van der Waals surface area contributed by atoms with E-state index in [-0.39, 0.29) is 84.9 Å². The molecule has 0 fully saturated rings. The van der Waals surface area contributed by atoms with E-state index in [1.54, 1.807) is 49.0 Å². The van der Waals surface area contributed by atoms with Gasteiger partial charge in [-0.25, -0.2) is 19.9 Å². The van der Waals surface area contributed by atoms with E-state index < -0.39 is 17.4 Å². The van der Waals surface area contributed by atoms with Gasteiger partial charge in [-0.3, -0.25) is 28.8 Å². The second-order valence-corrected chi connectivity index (χ2v) is 39.8. The Hall–Kier alpha value is -12.2. The molecule has 6 aromatic carbocycles. The normalized spacial score (nSPS) is 10.7. The maximum atomic E-state index is 12.6. The first-order valence-corrected chi connectivity index (χ1v) is 55.2. The van der Waals surface area contributed by atoms with Gasteiger partial charge in [-0.1, -0.05) is 324 Å². The first kappa shape index (κ1) is 124. The number of nitrogens with two attached hydrogens (primary N) is 3. The molecule has 146 heavy (non-hydrogen) atoms. The topological polar surface area (TPSA) is 465 Å². The molecule has 0 radical (unpaired) electrons. The van der Waals surface area contributed by atoms with Crippen molar-refractivity contribution in [3.8, 4) is 40.4 Å². The van der Waals surface area contributed by atoms with Gasteiger partial charge in [0.15, 0.2) is 32.1 Å². The fraction of sp³-hybridized carbons (Fsp3) is 0.442. The molecule has 26 nitrogen and oxygen atoms in total. The zero-order valence-electron chi connectivity index (χ0n) is 85.5. The molecule has 33 heteroatoms. The smallest absolute Gasteiger partial charge is 0.433 e. The number of rotatable bonds is 53. The Morgan fingerprint density at radius 2 is 0.616 bits per heavy atom. The Kier molecular flexibility index (Phi) is 64.3. The Balaban J connectivity index is 0.000000294. The molecule has 18 N–H and O–H groups in total. The van der Waals surface area contributed by atoms with E-state index in [0.29, 0.717) is 50.9 Å². The average Bonchev–Trinajstić information content (AvgIpc) is 0.832.